The lowest BCUT2D eigenvalue weighted by Crippen LogP contribution is -2.34. The van der Waals surface area contributed by atoms with Gasteiger partial charge in [-0.25, -0.2) is 18.7 Å². The van der Waals surface area contributed by atoms with Crippen LogP contribution in [0.25, 0.3) is 11.4 Å². The Kier molecular flexibility index (Phi) is 10.3. The Bertz CT molecular complexity index is 1220. The number of anilines is 1. The number of benzene rings is 1. The second-order valence-electron chi connectivity index (χ2n) is 10.3. The van der Waals surface area contributed by atoms with E-state index in [0.717, 1.165) is 62.9 Å². The summed E-state index contributed by atoms with van der Waals surface area (Å²) in [5.74, 6) is 0.0543. The van der Waals surface area contributed by atoms with Crippen molar-refractivity contribution in [3.05, 3.63) is 47.6 Å². The molecule has 12 heteroatoms. The molecule has 2 aromatic heterocycles. The molecule has 4 rings (SSSR count). The Morgan fingerprint density at radius 3 is 2.50 bits per heavy atom. The van der Waals surface area contributed by atoms with Gasteiger partial charge in [-0.1, -0.05) is 19.0 Å². The number of nitrogens with zero attached hydrogens (tertiary/aromatic N) is 5. The Labute approximate surface area is 232 Å². The molecule has 1 fully saturated rings. The van der Waals surface area contributed by atoms with Crippen molar-refractivity contribution in [1.82, 2.24) is 25.4 Å². The third-order valence-corrected chi connectivity index (χ3v) is 6.70. The van der Waals surface area contributed by atoms with Crippen LogP contribution in [-0.2, 0) is 11.2 Å². The molecular weight excluding hydrogens is 522 g/mol. The van der Waals surface area contributed by atoms with Crippen LogP contribution in [0.15, 0.2) is 29.0 Å². The van der Waals surface area contributed by atoms with Gasteiger partial charge >= 0.3 is 0 Å². The monoisotopic (exact) mass is 558 g/mol. The lowest BCUT2D eigenvalue weighted by Gasteiger charge is -2.32. The Balaban J connectivity index is 1.18. The normalized spacial score (nSPS) is 14.1. The van der Waals surface area contributed by atoms with Crippen LogP contribution < -0.4 is 15.0 Å². The predicted octanol–water partition coefficient (Wildman–Crippen LogP) is 4.46. The highest BCUT2D eigenvalue weighted by atomic mass is 19.1. The Hall–Kier alpha value is -3.67. The molecule has 0 spiro atoms. The number of methoxy groups -OCH3 is 1. The first-order chi connectivity index (χ1) is 19.3. The minimum Gasteiger partial charge on any atom is -0.493 e. The summed E-state index contributed by atoms with van der Waals surface area (Å²) >= 11 is 0. The van der Waals surface area contributed by atoms with Gasteiger partial charge in [0.25, 0.3) is 5.91 Å². The standard InChI is InChI=1S/C28H36F2N6O4/c1-18(2)13-24-34-26(35-40-24)20-16-32-28(33-17-20)36-9-6-19(7-10-36)5-4-11-39-21-14-22(29)25(23(30)15-21)27(37)31-8-12-38-3/h14-19H,4-13H2,1-3H3,(H,31,37). The largest absolute Gasteiger partial charge is 0.493 e. The number of hydrogen-bond donors (Lipinski definition) is 1. The van der Waals surface area contributed by atoms with E-state index in [9.17, 15) is 13.6 Å². The van der Waals surface area contributed by atoms with E-state index in [1.165, 1.54) is 7.11 Å². The second-order valence-corrected chi connectivity index (χ2v) is 10.3. The fourth-order valence-electron chi connectivity index (χ4n) is 4.59. The molecule has 1 amide bonds. The van der Waals surface area contributed by atoms with E-state index in [-0.39, 0.29) is 18.9 Å². The number of rotatable bonds is 13. The maximum Gasteiger partial charge on any atom is 0.257 e. The summed E-state index contributed by atoms with van der Waals surface area (Å²) < 4.78 is 44.4. The number of carbonyl (C=O) groups excluding carboxylic acids is 1. The zero-order valence-electron chi connectivity index (χ0n) is 23.2. The van der Waals surface area contributed by atoms with Gasteiger partial charge in [-0.05, 0) is 37.5 Å². The minimum atomic E-state index is -0.958. The number of amides is 1. The number of aromatic nitrogens is 4. The Morgan fingerprint density at radius 2 is 1.85 bits per heavy atom. The highest BCUT2D eigenvalue weighted by Gasteiger charge is 2.22. The molecule has 3 aromatic rings. The zero-order chi connectivity index (χ0) is 28.5. The molecule has 0 aliphatic carbocycles. The van der Waals surface area contributed by atoms with E-state index in [2.05, 4.69) is 44.2 Å². The van der Waals surface area contributed by atoms with Gasteiger partial charge in [0.2, 0.25) is 17.7 Å². The van der Waals surface area contributed by atoms with Gasteiger partial charge in [0.1, 0.15) is 22.9 Å². The van der Waals surface area contributed by atoms with Crippen LogP contribution in [0, 0.1) is 23.5 Å². The van der Waals surface area contributed by atoms with Crippen LogP contribution in [-0.4, -0.2) is 66.0 Å². The van der Waals surface area contributed by atoms with Crippen LogP contribution in [0.1, 0.15) is 55.8 Å². The number of halogens is 2. The smallest absolute Gasteiger partial charge is 0.257 e. The van der Waals surface area contributed by atoms with Crippen molar-refractivity contribution < 1.29 is 27.6 Å². The first-order valence-electron chi connectivity index (χ1n) is 13.6. The molecule has 1 aliphatic heterocycles. The van der Waals surface area contributed by atoms with Crippen molar-refractivity contribution in [1.29, 1.82) is 0 Å². The van der Waals surface area contributed by atoms with Crippen LogP contribution in [0.5, 0.6) is 5.75 Å². The number of piperidine rings is 1. The molecule has 0 saturated carbocycles. The van der Waals surface area contributed by atoms with Gasteiger partial charge in [0.15, 0.2) is 0 Å². The molecule has 1 N–H and O–H groups in total. The third kappa shape index (κ3) is 7.93. The van der Waals surface area contributed by atoms with Crippen molar-refractivity contribution in [3.8, 4) is 17.1 Å². The SMILES string of the molecule is COCCNC(=O)c1c(F)cc(OCCCC2CCN(c3ncc(-c4noc(CC(C)C)n4)cn3)CC2)cc1F. The predicted molar refractivity (Wildman–Crippen MR) is 144 cm³/mol. The fourth-order valence-corrected chi connectivity index (χ4v) is 4.59. The lowest BCUT2D eigenvalue weighted by atomic mass is 9.92. The van der Waals surface area contributed by atoms with Gasteiger partial charge in [-0.15, -0.1) is 0 Å². The molecule has 1 aliphatic rings. The van der Waals surface area contributed by atoms with E-state index >= 15 is 0 Å². The molecule has 10 nitrogen and oxygen atoms in total. The van der Waals surface area contributed by atoms with Crippen molar-refractivity contribution in [2.24, 2.45) is 11.8 Å². The van der Waals surface area contributed by atoms with Crippen molar-refractivity contribution in [3.63, 3.8) is 0 Å². The summed E-state index contributed by atoms with van der Waals surface area (Å²) in [6.07, 6.45) is 7.85. The molecule has 1 aromatic carbocycles. The third-order valence-electron chi connectivity index (χ3n) is 6.70. The summed E-state index contributed by atoms with van der Waals surface area (Å²) in [6.45, 7) is 6.62. The van der Waals surface area contributed by atoms with E-state index in [4.69, 9.17) is 14.0 Å². The second kappa shape index (κ2) is 14.1. The molecule has 216 valence electrons. The van der Waals surface area contributed by atoms with Crippen molar-refractivity contribution in [2.75, 3.05) is 44.9 Å². The zero-order valence-corrected chi connectivity index (χ0v) is 23.2. The molecule has 0 unspecified atom stereocenters. The lowest BCUT2D eigenvalue weighted by molar-refractivity contribution is 0.0928. The summed E-state index contributed by atoms with van der Waals surface area (Å²) in [5.41, 5.74) is 0.0940. The van der Waals surface area contributed by atoms with Crippen LogP contribution in [0.3, 0.4) is 0 Å². The summed E-state index contributed by atoms with van der Waals surface area (Å²) in [5, 5.41) is 6.44. The molecule has 0 radical (unpaired) electrons. The van der Waals surface area contributed by atoms with Crippen molar-refractivity contribution in [2.45, 2.75) is 46.0 Å². The molecule has 0 atom stereocenters. The maximum absolute atomic E-state index is 14.4. The van der Waals surface area contributed by atoms with Crippen LogP contribution in [0.2, 0.25) is 0 Å². The van der Waals surface area contributed by atoms with Crippen LogP contribution in [0.4, 0.5) is 14.7 Å². The van der Waals surface area contributed by atoms with Crippen LogP contribution >= 0.6 is 0 Å². The summed E-state index contributed by atoms with van der Waals surface area (Å²) in [7, 11) is 1.47. The number of carbonyl (C=O) groups is 1. The van der Waals surface area contributed by atoms with E-state index in [1.807, 2.05) is 0 Å². The van der Waals surface area contributed by atoms with Crippen molar-refractivity contribution >= 4 is 11.9 Å². The molecule has 0 bridgehead atoms. The average Bonchev–Trinajstić information content (AvgIpc) is 3.39. The average molecular weight is 559 g/mol. The highest BCUT2D eigenvalue weighted by Crippen LogP contribution is 2.26. The van der Waals surface area contributed by atoms with E-state index in [1.54, 1.807) is 12.4 Å². The number of nitrogens with one attached hydrogen (secondary N) is 1. The topological polar surface area (TPSA) is 116 Å². The molecule has 3 heterocycles. The van der Waals surface area contributed by atoms with Gasteiger partial charge in [-0.2, -0.15) is 4.98 Å². The van der Waals surface area contributed by atoms with Gasteiger partial charge in [-0.3, -0.25) is 4.79 Å². The summed E-state index contributed by atoms with van der Waals surface area (Å²) in [4.78, 5) is 27.6. The number of hydrogen-bond acceptors (Lipinski definition) is 9. The Morgan fingerprint density at radius 1 is 1.15 bits per heavy atom. The quantitative estimate of drug-likeness (QED) is 0.304. The van der Waals surface area contributed by atoms with Gasteiger partial charge in [0.05, 0.1) is 18.8 Å². The van der Waals surface area contributed by atoms with Gasteiger partial charge < -0.3 is 24.2 Å². The first kappa shape index (κ1) is 29.3. The minimum absolute atomic E-state index is 0.0656. The molecular formula is C28H36F2N6O4. The van der Waals surface area contributed by atoms with E-state index < -0.39 is 23.1 Å². The first-order valence-corrected chi connectivity index (χ1v) is 13.6. The highest BCUT2D eigenvalue weighted by molar-refractivity contribution is 5.94. The van der Waals surface area contributed by atoms with E-state index in [0.29, 0.717) is 36.1 Å². The maximum atomic E-state index is 14.4. The van der Waals surface area contributed by atoms with Gasteiger partial charge in [0, 0.05) is 57.7 Å². The molecule has 1 saturated heterocycles. The number of ether oxygens (including phenoxy) is 2. The fraction of sp³-hybridized carbons (Fsp3) is 0.536. The molecule has 40 heavy (non-hydrogen) atoms. The summed E-state index contributed by atoms with van der Waals surface area (Å²) in [6, 6.07) is 2.09.